The third-order valence-corrected chi connectivity index (χ3v) is 4.21. The summed E-state index contributed by atoms with van der Waals surface area (Å²) in [5, 5.41) is 3.64. The van der Waals surface area contributed by atoms with Crippen molar-refractivity contribution >= 4 is 5.69 Å². The van der Waals surface area contributed by atoms with Crippen LogP contribution in [-0.4, -0.2) is 32.3 Å². The molecule has 0 saturated carbocycles. The van der Waals surface area contributed by atoms with E-state index in [1.807, 2.05) is 0 Å². The summed E-state index contributed by atoms with van der Waals surface area (Å²) >= 11 is 0. The summed E-state index contributed by atoms with van der Waals surface area (Å²) in [6.07, 6.45) is 2.28. The Hall–Kier alpha value is -1.22. The molecule has 0 radical (unpaired) electrons. The van der Waals surface area contributed by atoms with Gasteiger partial charge in [-0.1, -0.05) is 27.2 Å². The number of rotatable bonds is 6. The summed E-state index contributed by atoms with van der Waals surface area (Å²) in [5.41, 5.74) is 1.31. The summed E-state index contributed by atoms with van der Waals surface area (Å²) in [6.45, 7) is 10.8. The second-order valence-corrected chi connectivity index (χ2v) is 5.73. The minimum absolute atomic E-state index is 0.602. The predicted octanol–water partition coefficient (Wildman–Crippen LogP) is 3.30. The minimum Gasteiger partial charge on any atom is -0.494 e. The number of benzene rings is 1. The molecular formula is C17H28N2O. The molecule has 0 bridgehead atoms. The Kier molecular flexibility index (Phi) is 5.72. The molecule has 0 amide bonds. The zero-order valence-corrected chi connectivity index (χ0v) is 13.1. The van der Waals surface area contributed by atoms with Gasteiger partial charge in [-0.15, -0.1) is 0 Å². The second-order valence-electron chi connectivity index (χ2n) is 5.73. The molecule has 1 heterocycles. The third-order valence-electron chi connectivity index (χ3n) is 4.21. The number of ether oxygens (including phenoxy) is 1. The molecule has 1 aliphatic heterocycles. The zero-order valence-electron chi connectivity index (χ0n) is 13.1. The number of piperazine rings is 1. The van der Waals surface area contributed by atoms with Crippen LogP contribution in [0.2, 0.25) is 0 Å². The van der Waals surface area contributed by atoms with Gasteiger partial charge in [-0.05, 0) is 36.6 Å². The fourth-order valence-electron chi connectivity index (χ4n) is 2.65. The first-order valence-corrected chi connectivity index (χ1v) is 7.95. The maximum Gasteiger partial charge on any atom is 0.119 e. The van der Waals surface area contributed by atoms with Gasteiger partial charge in [0.1, 0.15) is 5.75 Å². The van der Waals surface area contributed by atoms with Crippen LogP contribution in [0.1, 0.15) is 33.6 Å². The Morgan fingerprint density at radius 1 is 1.30 bits per heavy atom. The number of hydrogen-bond acceptors (Lipinski definition) is 3. The molecule has 1 aromatic rings. The molecule has 112 valence electrons. The predicted molar refractivity (Wildman–Crippen MR) is 85.7 cm³/mol. The molecule has 0 spiro atoms. The van der Waals surface area contributed by atoms with E-state index in [0.29, 0.717) is 6.04 Å². The second kappa shape index (κ2) is 7.53. The van der Waals surface area contributed by atoms with E-state index in [4.69, 9.17) is 4.74 Å². The van der Waals surface area contributed by atoms with E-state index >= 15 is 0 Å². The highest BCUT2D eigenvalue weighted by Gasteiger charge is 2.23. The molecule has 3 heteroatoms. The van der Waals surface area contributed by atoms with Gasteiger partial charge in [0.15, 0.2) is 0 Å². The van der Waals surface area contributed by atoms with E-state index < -0.39 is 0 Å². The maximum atomic E-state index is 5.64. The molecule has 20 heavy (non-hydrogen) atoms. The van der Waals surface area contributed by atoms with E-state index in [1.54, 1.807) is 0 Å². The topological polar surface area (TPSA) is 24.5 Å². The van der Waals surface area contributed by atoms with E-state index in [1.165, 1.54) is 12.1 Å². The van der Waals surface area contributed by atoms with Crippen LogP contribution in [0, 0.1) is 5.92 Å². The van der Waals surface area contributed by atoms with Gasteiger partial charge in [0.05, 0.1) is 6.61 Å². The normalized spacial score (nSPS) is 20.8. The largest absolute Gasteiger partial charge is 0.494 e. The average Bonchev–Trinajstić information content (AvgIpc) is 2.52. The van der Waals surface area contributed by atoms with Gasteiger partial charge in [0, 0.05) is 31.4 Å². The average molecular weight is 276 g/mol. The van der Waals surface area contributed by atoms with Crippen LogP contribution in [0.15, 0.2) is 24.3 Å². The fraction of sp³-hybridized carbons (Fsp3) is 0.647. The standard InChI is InChI=1S/C17H28N2O/c1-4-12-20-16-8-6-15(7-9-16)19-11-10-18-17(13-19)14(3)5-2/h6-9,14,17-18H,4-5,10-13H2,1-3H3. The van der Waals surface area contributed by atoms with E-state index in [-0.39, 0.29) is 0 Å². The Morgan fingerprint density at radius 3 is 2.70 bits per heavy atom. The highest BCUT2D eigenvalue weighted by Crippen LogP contribution is 2.22. The third kappa shape index (κ3) is 3.89. The van der Waals surface area contributed by atoms with Crippen LogP contribution < -0.4 is 15.0 Å². The van der Waals surface area contributed by atoms with Gasteiger partial charge >= 0.3 is 0 Å². The van der Waals surface area contributed by atoms with E-state index in [0.717, 1.165) is 44.3 Å². The lowest BCUT2D eigenvalue weighted by molar-refractivity contribution is 0.317. The molecule has 1 fully saturated rings. The molecule has 1 aliphatic rings. The van der Waals surface area contributed by atoms with Crippen molar-refractivity contribution < 1.29 is 4.74 Å². The van der Waals surface area contributed by atoms with Crippen LogP contribution in [-0.2, 0) is 0 Å². The Balaban J connectivity index is 1.96. The van der Waals surface area contributed by atoms with Crippen molar-refractivity contribution in [2.24, 2.45) is 5.92 Å². The van der Waals surface area contributed by atoms with Gasteiger partial charge in [0.25, 0.3) is 0 Å². The SMILES string of the molecule is CCCOc1ccc(N2CCNC(C(C)CC)C2)cc1. The molecular weight excluding hydrogens is 248 g/mol. The van der Waals surface area contributed by atoms with E-state index in [2.05, 4.69) is 55.3 Å². The quantitative estimate of drug-likeness (QED) is 0.863. The van der Waals surface area contributed by atoms with Crippen molar-refractivity contribution in [1.82, 2.24) is 5.32 Å². The van der Waals surface area contributed by atoms with Crippen molar-refractivity contribution in [1.29, 1.82) is 0 Å². The summed E-state index contributed by atoms with van der Waals surface area (Å²) < 4.78 is 5.64. The van der Waals surface area contributed by atoms with Crippen molar-refractivity contribution in [3.8, 4) is 5.75 Å². The molecule has 1 saturated heterocycles. The Morgan fingerprint density at radius 2 is 2.05 bits per heavy atom. The zero-order chi connectivity index (χ0) is 14.4. The van der Waals surface area contributed by atoms with Crippen LogP contribution in [0.25, 0.3) is 0 Å². The van der Waals surface area contributed by atoms with Crippen LogP contribution in [0.5, 0.6) is 5.75 Å². The summed E-state index contributed by atoms with van der Waals surface area (Å²) in [6, 6.07) is 9.15. The van der Waals surface area contributed by atoms with Crippen molar-refractivity contribution in [2.75, 3.05) is 31.1 Å². The molecule has 0 aliphatic carbocycles. The van der Waals surface area contributed by atoms with E-state index in [9.17, 15) is 0 Å². The fourth-order valence-corrected chi connectivity index (χ4v) is 2.65. The summed E-state index contributed by atoms with van der Waals surface area (Å²) in [7, 11) is 0. The van der Waals surface area contributed by atoms with Gasteiger partial charge in [-0.25, -0.2) is 0 Å². The van der Waals surface area contributed by atoms with Gasteiger partial charge in [0.2, 0.25) is 0 Å². The van der Waals surface area contributed by atoms with Crippen LogP contribution in [0.4, 0.5) is 5.69 Å². The monoisotopic (exact) mass is 276 g/mol. The van der Waals surface area contributed by atoms with Crippen molar-refractivity contribution in [2.45, 2.75) is 39.7 Å². The summed E-state index contributed by atoms with van der Waals surface area (Å²) in [5.74, 6) is 1.70. The highest BCUT2D eigenvalue weighted by atomic mass is 16.5. The highest BCUT2D eigenvalue weighted by molar-refractivity contribution is 5.49. The Labute approximate surface area is 123 Å². The van der Waals surface area contributed by atoms with Gasteiger partial charge < -0.3 is 15.0 Å². The van der Waals surface area contributed by atoms with Crippen LogP contribution >= 0.6 is 0 Å². The number of nitrogens with zero attached hydrogens (tertiary/aromatic N) is 1. The van der Waals surface area contributed by atoms with Gasteiger partial charge in [-0.3, -0.25) is 0 Å². The molecule has 2 rings (SSSR count). The van der Waals surface area contributed by atoms with Crippen molar-refractivity contribution in [3.05, 3.63) is 24.3 Å². The first kappa shape index (κ1) is 15.2. The lowest BCUT2D eigenvalue weighted by Crippen LogP contribution is -2.53. The molecule has 3 nitrogen and oxygen atoms in total. The molecule has 0 aromatic heterocycles. The maximum absolute atomic E-state index is 5.64. The lowest BCUT2D eigenvalue weighted by Gasteiger charge is -2.38. The number of hydrogen-bond donors (Lipinski definition) is 1. The molecule has 1 aromatic carbocycles. The van der Waals surface area contributed by atoms with Crippen LogP contribution in [0.3, 0.4) is 0 Å². The number of anilines is 1. The molecule has 2 unspecified atom stereocenters. The summed E-state index contributed by atoms with van der Waals surface area (Å²) in [4.78, 5) is 2.48. The minimum atomic E-state index is 0.602. The van der Waals surface area contributed by atoms with Gasteiger partial charge in [-0.2, -0.15) is 0 Å². The lowest BCUT2D eigenvalue weighted by atomic mass is 9.97. The number of nitrogens with one attached hydrogen (secondary N) is 1. The Bertz CT molecular complexity index is 390. The van der Waals surface area contributed by atoms with Crippen molar-refractivity contribution in [3.63, 3.8) is 0 Å². The first-order valence-electron chi connectivity index (χ1n) is 7.95. The first-order chi connectivity index (χ1) is 9.74. The molecule has 1 N–H and O–H groups in total. The smallest absolute Gasteiger partial charge is 0.119 e. The molecule has 2 atom stereocenters.